The van der Waals surface area contributed by atoms with Gasteiger partial charge in [-0.05, 0) is 50.7 Å². The topological polar surface area (TPSA) is 101 Å². The van der Waals surface area contributed by atoms with Crippen LogP contribution in [0.2, 0.25) is 0 Å². The summed E-state index contributed by atoms with van der Waals surface area (Å²) < 4.78 is 5.27. The zero-order chi connectivity index (χ0) is 20.1. The fourth-order valence-electron chi connectivity index (χ4n) is 4.21. The van der Waals surface area contributed by atoms with Crippen molar-refractivity contribution >= 4 is 11.8 Å². The molecule has 1 saturated carbocycles. The number of aromatic nitrogens is 3. The van der Waals surface area contributed by atoms with Gasteiger partial charge in [0, 0.05) is 55.8 Å². The molecule has 2 atom stereocenters. The molecule has 154 valence electrons. The molecule has 8 heteroatoms. The molecule has 1 N–H and O–H groups in total. The first kappa shape index (κ1) is 19.5. The smallest absolute Gasteiger partial charge is 0.226 e. The number of rotatable bonds is 7. The number of hydrogen-bond donors (Lipinski definition) is 1. The quantitative estimate of drug-likeness (QED) is 0.770. The Hall–Kier alpha value is -2.77. The van der Waals surface area contributed by atoms with Gasteiger partial charge in [-0.1, -0.05) is 5.16 Å². The molecule has 0 bridgehead atoms. The van der Waals surface area contributed by atoms with Crippen molar-refractivity contribution in [1.29, 1.82) is 0 Å². The van der Waals surface area contributed by atoms with Crippen LogP contribution in [0.1, 0.15) is 50.8 Å². The largest absolute Gasteiger partial charge is 0.353 e. The maximum atomic E-state index is 12.5. The Morgan fingerprint density at radius 3 is 2.76 bits per heavy atom. The molecule has 0 unspecified atom stereocenters. The van der Waals surface area contributed by atoms with E-state index < -0.39 is 0 Å². The lowest BCUT2D eigenvalue weighted by atomic mass is 10.1. The molecule has 2 amide bonds. The second kappa shape index (κ2) is 9.15. The summed E-state index contributed by atoms with van der Waals surface area (Å²) in [6, 6.07) is 3.76. The second-order valence-electron chi connectivity index (χ2n) is 7.91. The second-order valence-corrected chi connectivity index (χ2v) is 7.91. The zero-order valence-electron chi connectivity index (χ0n) is 16.5. The van der Waals surface area contributed by atoms with Crippen molar-refractivity contribution < 1.29 is 14.1 Å². The third-order valence-corrected chi connectivity index (χ3v) is 5.77. The number of nitrogens with one attached hydrogen (secondary N) is 1. The van der Waals surface area contributed by atoms with Gasteiger partial charge in [0.25, 0.3) is 0 Å². The molecule has 3 heterocycles. The summed E-state index contributed by atoms with van der Waals surface area (Å²) in [4.78, 5) is 35.1. The highest BCUT2D eigenvalue weighted by Gasteiger charge is 2.34. The number of nitrogens with zero attached hydrogens (tertiary/aromatic N) is 4. The normalized spacial score (nSPS) is 21.4. The predicted molar refractivity (Wildman–Crippen MR) is 106 cm³/mol. The van der Waals surface area contributed by atoms with Gasteiger partial charge in [0.2, 0.25) is 23.5 Å². The molecule has 2 aromatic rings. The molecule has 29 heavy (non-hydrogen) atoms. The molecule has 0 aromatic carbocycles. The van der Waals surface area contributed by atoms with Crippen LogP contribution < -0.4 is 5.32 Å². The van der Waals surface area contributed by atoms with Gasteiger partial charge in [-0.3, -0.25) is 14.6 Å². The van der Waals surface area contributed by atoms with E-state index in [1.54, 1.807) is 12.4 Å². The van der Waals surface area contributed by atoms with Crippen molar-refractivity contribution in [2.45, 2.75) is 57.4 Å². The van der Waals surface area contributed by atoms with Crippen molar-refractivity contribution in [3.8, 4) is 11.4 Å². The standard InChI is InChI=1S/C21H27N5O3/c27-18(23-17-7-6-16(14-17)21(28)26-12-1-2-13-26)4-3-5-19-24-20(25-29-19)15-8-10-22-11-9-15/h8-11,16-17H,1-7,12-14H2,(H,23,27)/t16-,17+/m1/s1. The number of aryl methyl sites for hydroxylation is 1. The summed E-state index contributed by atoms with van der Waals surface area (Å²) in [5, 5.41) is 7.06. The molecule has 2 aliphatic rings. The van der Waals surface area contributed by atoms with E-state index in [0.717, 1.165) is 50.8 Å². The van der Waals surface area contributed by atoms with Gasteiger partial charge in [0.15, 0.2) is 0 Å². The minimum atomic E-state index is 0.0261. The van der Waals surface area contributed by atoms with Crippen LogP contribution >= 0.6 is 0 Å². The molecule has 2 aromatic heterocycles. The van der Waals surface area contributed by atoms with Gasteiger partial charge in [0.05, 0.1) is 0 Å². The molecule has 2 fully saturated rings. The Morgan fingerprint density at radius 2 is 1.97 bits per heavy atom. The minimum absolute atomic E-state index is 0.0261. The maximum absolute atomic E-state index is 12.5. The molecular formula is C21H27N5O3. The highest BCUT2D eigenvalue weighted by atomic mass is 16.5. The lowest BCUT2D eigenvalue weighted by molar-refractivity contribution is -0.134. The molecular weight excluding hydrogens is 370 g/mol. The van der Waals surface area contributed by atoms with Crippen molar-refractivity contribution in [2.75, 3.05) is 13.1 Å². The number of hydrogen-bond acceptors (Lipinski definition) is 6. The first-order valence-electron chi connectivity index (χ1n) is 10.5. The Bertz CT molecular complexity index is 832. The third kappa shape index (κ3) is 4.99. The molecule has 4 rings (SSSR count). The van der Waals surface area contributed by atoms with Crippen LogP contribution in [0.4, 0.5) is 0 Å². The highest BCUT2D eigenvalue weighted by Crippen LogP contribution is 2.28. The number of carbonyl (C=O) groups is 2. The van der Waals surface area contributed by atoms with E-state index in [0.29, 0.717) is 31.0 Å². The summed E-state index contributed by atoms with van der Waals surface area (Å²) in [6.07, 6.45) is 9.73. The summed E-state index contributed by atoms with van der Waals surface area (Å²) in [5.74, 6) is 1.44. The molecule has 0 spiro atoms. The average molecular weight is 397 g/mol. The highest BCUT2D eigenvalue weighted by molar-refractivity contribution is 5.80. The molecule has 1 aliphatic carbocycles. The van der Waals surface area contributed by atoms with E-state index in [-0.39, 0.29) is 23.8 Å². The van der Waals surface area contributed by atoms with E-state index in [1.165, 1.54) is 0 Å². The number of carbonyl (C=O) groups excluding carboxylic acids is 2. The zero-order valence-corrected chi connectivity index (χ0v) is 16.5. The number of likely N-dealkylation sites (tertiary alicyclic amines) is 1. The Labute approximate surface area is 170 Å². The van der Waals surface area contributed by atoms with Gasteiger partial charge < -0.3 is 14.7 Å². The van der Waals surface area contributed by atoms with Crippen molar-refractivity contribution in [3.05, 3.63) is 30.4 Å². The predicted octanol–water partition coefficient (Wildman–Crippen LogP) is 2.36. The van der Waals surface area contributed by atoms with Gasteiger partial charge in [-0.15, -0.1) is 0 Å². The van der Waals surface area contributed by atoms with Gasteiger partial charge >= 0.3 is 0 Å². The van der Waals surface area contributed by atoms with Crippen LogP contribution in [0, 0.1) is 5.92 Å². The summed E-state index contributed by atoms with van der Waals surface area (Å²) in [5.41, 5.74) is 0.854. The first-order chi connectivity index (χ1) is 14.2. The van der Waals surface area contributed by atoms with Crippen LogP contribution in [0.5, 0.6) is 0 Å². The lowest BCUT2D eigenvalue weighted by Crippen LogP contribution is -2.36. The average Bonchev–Trinajstić information content (AvgIpc) is 3.50. The van der Waals surface area contributed by atoms with Gasteiger partial charge in [-0.2, -0.15) is 4.98 Å². The number of amides is 2. The number of pyridine rings is 1. The molecule has 1 saturated heterocycles. The van der Waals surface area contributed by atoms with E-state index in [9.17, 15) is 9.59 Å². The summed E-state index contributed by atoms with van der Waals surface area (Å²) in [6.45, 7) is 1.79. The molecule has 0 radical (unpaired) electrons. The van der Waals surface area contributed by atoms with Crippen LogP contribution in [-0.4, -0.2) is 51.0 Å². The Balaban J connectivity index is 1.17. The molecule has 8 nitrogen and oxygen atoms in total. The Kier molecular flexibility index (Phi) is 6.17. The van der Waals surface area contributed by atoms with Crippen molar-refractivity contribution in [2.24, 2.45) is 5.92 Å². The maximum Gasteiger partial charge on any atom is 0.226 e. The van der Waals surface area contributed by atoms with Gasteiger partial charge in [-0.25, -0.2) is 0 Å². The third-order valence-electron chi connectivity index (χ3n) is 5.77. The van der Waals surface area contributed by atoms with Crippen molar-refractivity contribution in [3.63, 3.8) is 0 Å². The SMILES string of the molecule is O=C(CCCc1nc(-c2ccncc2)no1)N[C@H]1CC[C@@H](C(=O)N2CCCC2)C1. The van der Waals surface area contributed by atoms with Crippen LogP contribution in [0.3, 0.4) is 0 Å². The fraction of sp³-hybridized carbons (Fsp3) is 0.571. The van der Waals surface area contributed by atoms with Crippen LogP contribution in [-0.2, 0) is 16.0 Å². The first-order valence-corrected chi connectivity index (χ1v) is 10.5. The van der Waals surface area contributed by atoms with E-state index in [1.807, 2.05) is 17.0 Å². The summed E-state index contributed by atoms with van der Waals surface area (Å²) >= 11 is 0. The van der Waals surface area contributed by atoms with E-state index in [4.69, 9.17) is 4.52 Å². The van der Waals surface area contributed by atoms with Crippen molar-refractivity contribution in [1.82, 2.24) is 25.3 Å². The Morgan fingerprint density at radius 1 is 1.17 bits per heavy atom. The summed E-state index contributed by atoms with van der Waals surface area (Å²) in [7, 11) is 0. The minimum Gasteiger partial charge on any atom is -0.353 e. The monoisotopic (exact) mass is 397 g/mol. The van der Waals surface area contributed by atoms with Gasteiger partial charge in [0.1, 0.15) is 0 Å². The molecule has 1 aliphatic heterocycles. The van der Waals surface area contributed by atoms with E-state index in [2.05, 4.69) is 20.4 Å². The fourth-order valence-corrected chi connectivity index (χ4v) is 4.21. The van der Waals surface area contributed by atoms with Crippen LogP contribution in [0.25, 0.3) is 11.4 Å². The lowest BCUT2D eigenvalue weighted by Gasteiger charge is -2.20. The van der Waals surface area contributed by atoms with E-state index >= 15 is 0 Å². The van der Waals surface area contributed by atoms with Crippen LogP contribution in [0.15, 0.2) is 29.0 Å².